The Labute approximate surface area is 117 Å². The van der Waals surface area contributed by atoms with Gasteiger partial charge in [0.2, 0.25) is 11.8 Å². The minimum absolute atomic E-state index is 0.0275. The van der Waals surface area contributed by atoms with Gasteiger partial charge in [0.25, 0.3) is 0 Å². The van der Waals surface area contributed by atoms with Gasteiger partial charge in [-0.15, -0.1) is 11.3 Å². The van der Waals surface area contributed by atoms with E-state index in [9.17, 15) is 9.59 Å². The van der Waals surface area contributed by atoms with Crippen molar-refractivity contribution in [3.05, 3.63) is 16.6 Å². The average Bonchev–Trinajstić information content (AvgIpc) is 2.88. The summed E-state index contributed by atoms with van der Waals surface area (Å²) in [5.41, 5.74) is 0. The average molecular weight is 281 g/mol. The first kappa shape index (κ1) is 14.0. The van der Waals surface area contributed by atoms with Crippen LogP contribution < -0.4 is 5.32 Å². The summed E-state index contributed by atoms with van der Waals surface area (Å²) in [6.45, 7) is 6.03. The molecule has 6 heteroatoms. The number of nitrogens with zero attached hydrogens (tertiary/aromatic N) is 2. The lowest BCUT2D eigenvalue weighted by Gasteiger charge is -2.41. The molecule has 19 heavy (non-hydrogen) atoms. The quantitative estimate of drug-likeness (QED) is 0.911. The number of hydrogen-bond acceptors (Lipinski definition) is 4. The molecule has 0 aromatic carbocycles. The zero-order valence-corrected chi connectivity index (χ0v) is 12.2. The van der Waals surface area contributed by atoms with Crippen LogP contribution >= 0.6 is 11.3 Å². The molecule has 5 nitrogen and oxygen atoms in total. The molecule has 0 radical (unpaired) electrons. The first-order valence-corrected chi connectivity index (χ1v) is 7.42. The summed E-state index contributed by atoms with van der Waals surface area (Å²) in [5.74, 6) is -0.0109. The summed E-state index contributed by atoms with van der Waals surface area (Å²) >= 11 is 1.53. The summed E-state index contributed by atoms with van der Waals surface area (Å²) in [7, 11) is 0. The molecule has 2 amide bonds. The maximum absolute atomic E-state index is 12.2. The van der Waals surface area contributed by atoms with Crippen LogP contribution in [0.1, 0.15) is 38.2 Å². The van der Waals surface area contributed by atoms with E-state index in [0.29, 0.717) is 0 Å². The molecule has 2 unspecified atom stereocenters. The molecule has 1 fully saturated rings. The third-order valence-electron chi connectivity index (χ3n) is 3.36. The van der Waals surface area contributed by atoms with Gasteiger partial charge in [-0.2, -0.15) is 0 Å². The van der Waals surface area contributed by atoms with E-state index in [1.807, 2.05) is 26.2 Å². The lowest BCUT2D eigenvalue weighted by atomic mass is 9.96. The van der Waals surface area contributed by atoms with Crippen LogP contribution in [0.25, 0.3) is 0 Å². The highest BCUT2D eigenvalue weighted by molar-refractivity contribution is 7.09. The van der Waals surface area contributed by atoms with Crippen molar-refractivity contribution in [3.8, 4) is 0 Å². The van der Waals surface area contributed by atoms with E-state index in [4.69, 9.17) is 0 Å². The van der Waals surface area contributed by atoms with Crippen molar-refractivity contribution in [1.29, 1.82) is 0 Å². The number of carbonyl (C=O) groups is 2. The van der Waals surface area contributed by atoms with Gasteiger partial charge in [-0.25, -0.2) is 4.98 Å². The highest BCUT2D eigenvalue weighted by atomic mass is 32.1. The normalized spacial score (nSPS) is 21.7. The number of carbonyl (C=O) groups excluding carboxylic acids is 2. The van der Waals surface area contributed by atoms with Crippen LogP contribution in [-0.4, -0.2) is 34.3 Å². The van der Waals surface area contributed by atoms with Crippen molar-refractivity contribution in [1.82, 2.24) is 15.2 Å². The standard InChI is InChI=1S/C13H19N3O2S/c1-4-9(13-14-5-6-19-13)16-10(17)7-15-12(18)11(16)8(2)3/h5-6,8-9,11H,4,7H2,1-3H3,(H,15,18). The van der Waals surface area contributed by atoms with E-state index in [2.05, 4.69) is 10.3 Å². The van der Waals surface area contributed by atoms with Crippen LogP contribution in [-0.2, 0) is 9.59 Å². The van der Waals surface area contributed by atoms with Gasteiger partial charge in [0, 0.05) is 11.6 Å². The first-order chi connectivity index (χ1) is 9.06. The van der Waals surface area contributed by atoms with Gasteiger partial charge in [0.15, 0.2) is 0 Å². The molecule has 104 valence electrons. The Morgan fingerprint density at radius 3 is 2.79 bits per heavy atom. The van der Waals surface area contributed by atoms with Gasteiger partial charge in [0.1, 0.15) is 11.0 Å². The fourth-order valence-electron chi connectivity index (χ4n) is 2.52. The molecule has 1 saturated heterocycles. The van der Waals surface area contributed by atoms with E-state index in [1.54, 1.807) is 11.1 Å². The predicted molar refractivity (Wildman–Crippen MR) is 73.6 cm³/mol. The zero-order chi connectivity index (χ0) is 14.0. The summed E-state index contributed by atoms with van der Waals surface area (Å²) in [4.78, 5) is 30.3. The molecule has 0 bridgehead atoms. The van der Waals surface area contributed by atoms with Gasteiger partial charge in [-0.1, -0.05) is 20.8 Å². The number of amides is 2. The smallest absolute Gasteiger partial charge is 0.243 e. The molecule has 0 spiro atoms. The van der Waals surface area contributed by atoms with Crippen molar-refractivity contribution >= 4 is 23.2 Å². The lowest BCUT2D eigenvalue weighted by Crippen LogP contribution is -2.61. The van der Waals surface area contributed by atoms with E-state index in [1.165, 1.54) is 11.3 Å². The Morgan fingerprint density at radius 2 is 2.26 bits per heavy atom. The molecule has 0 saturated carbocycles. The topological polar surface area (TPSA) is 62.3 Å². The number of rotatable bonds is 4. The lowest BCUT2D eigenvalue weighted by molar-refractivity contribution is -0.150. The molecule has 2 heterocycles. The van der Waals surface area contributed by atoms with Crippen LogP contribution in [0.4, 0.5) is 0 Å². The predicted octanol–water partition coefficient (Wildman–Crippen LogP) is 1.58. The van der Waals surface area contributed by atoms with Gasteiger partial charge >= 0.3 is 0 Å². The maximum atomic E-state index is 12.2. The number of aromatic nitrogens is 1. The Bertz CT molecular complexity index is 458. The summed E-state index contributed by atoms with van der Waals surface area (Å²) in [5, 5.41) is 5.47. The molecule has 0 aliphatic carbocycles. The minimum Gasteiger partial charge on any atom is -0.345 e. The van der Waals surface area contributed by atoms with E-state index in [0.717, 1.165) is 11.4 Å². The van der Waals surface area contributed by atoms with Crippen molar-refractivity contribution in [2.75, 3.05) is 6.54 Å². The minimum atomic E-state index is -0.407. The van der Waals surface area contributed by atoms with Crippen LogP contribution in [0.5, 0.6) is 0 Å². The largest absolute Gasteiger partial charge is 0.345 e. The number of piperazine rings is 1. The Balaban J connectivity index is 2.36. The second-order valence-electron chi connectivity index (χ2n) is 5.00. The Morgan fingerprint density at radius 1 is 1.53 bits per heavy atom. The highest BCUT2D eigenvalue weighted by Gasteiger charge is 2.41. The molecule has 1 aromatic heterocycles. The second-order valence-corrected chi connectivity index (χ2v) is 5.93. The van der Waals surface area contributed by atoms with Gasteiger partial charge in [-0.05, 0) is 12.3 Å². The number of hydrogen-bond donors (Lipinski definition) is 1. The van der Waals surface area contributed by atoms with Gasteiger partial charge < -0.3 is 10.2 Å². The molecule has 1 N–H and O–H groups in total. The molecule has 1 aliphatic heterocycles. The van der Waals surface area contributed by atoms with Crippen LogP contribution in [0.3, 0.4) is 0 Å². The summed E-state index contributed by atoms with van der Waals surface area (Å²) in [6.07, 6.45) is 2.50. The highest BCUT2D eigenvalue weighted by Crippen LogP contribution is 2.31. The SMILES string of the molecule is CCC(c1nccs1)N1C(=O)CNC(=O)C1C(C)C. The Hall–Kier alpha value is -1.43. The molecular formula is C13H19N3O2S. The van der Waals surface area contributed by atoms with Gasteiger partial charge in [-0.3, -0.25) is 9.59 Å². The maximum Gasteiger partial charge on any atom is 0.243 e. The van der Waals surface area contributed by atoms with Crippen LogP contribution in [0, 0.1) is 5.92 Å². The molecule has 2 atom stereocenters. The van der Waals surface area contributed by atoms with E-state index >= 15 is 0 Å². The fourth-order valence-corrected chi connectivity index (χ4v) is 3.34. The molecule has 1 aromatic rings. The third kappa shape index (κ3) is 2.63. The van der Waals surface area contributed by atoms with Crippen molar-refractivity contribution in [2.24, 2.45) is 5.92 Å². The Kier molecular flexibility index (Phi) is 4.19. The van der Waals surface area contributed by atoms with Gasteiger partial charge in [0.05, 0.1) is 12.6 Å². The summed E-state index contributed by atoms with van der Waals surface area (Å²) < 4.78 is 0. The number of thiazole rings is 1. The van der Waals surface area contributed by atoms with E-state index in [-0.39, 0.29) is 30.3 Å². The fraction of sp³-hybridized carbons (Fsp3) is 0.615. The zero-order valence-electron chi connectivity index (χ0n) is 11.4. The van der Waals surface area contributed by atoms with E-state index < -0.39 is 6.04 Å². The van der Waals surface area contributed by atoms with Crippen LogP contribution in [0.2, 0.25) is 0 Å². The van der Waals surface area contributed by atoms with Crippen molar-refractivity contribution < 1.29 is 9.59 Å². The number of nitrogens with one attached hydrogen (secondary N) is 1. The molecule has 2 rings (SSSR count). The van der Waals surface area contributed by atoms with Crippen molar-refractivity contribution in [2.45, 2.75) is 39.3 Å². The van der Waals surface area contributed by atoms with Crippen LogP contribution in [0.15, 0.2) is 11.6 Å². The molecule has 1 aliphatic rings. The van der Waals surface area contributed by atoms with Crippen molar-refractivity contribution in [3.63, 3.8) is 0 Å². The summed E-state index contributed by atoms with van der Waals surface area (Å²) in [6, 6.07) is -0.513. The molecular weight excluding hydrogens is 262 g/mol. The first-order valence-electron chi connectivity index (χ1n) is 6.54. The monoisotopic (exact) mass is 281 g/mol. The second kappa shape index (κ2) is 5.69. The third-order valence-corrected chi connectivity index (χ3v) is 4.24.